The number of hydrogen-bond donors (Lipinski definition) is 1. The van der Waals surface area contributed by atoms with E-state index in [1.165, 1.54) is 0 Å². The van der Waals surface area contributed by atoms with Crippen LogP contribution in [-0.4, -0.2) is 24.3 Å². The molecule has 0 aliphatic rings. The van der Waals surface area contributed by atoms with Gasteiger partial charge in [-0.1, -0.05) is 38.1 Å². The Morgan fingerprint density at radius 2 is 1.93 bits per heavy atom. The molecule has 0 radical (unpaired) electrons. The second-order valence-electron chi connectivity index (χ2n) is 6.31. The maximum absolute atomic E-state index is 14.7. The van der Waals surface area contributed by atoms with Crippen molar-refractivity contribution in [2.75, 3.05) is 13.2 Å². The van der Waals surface area contributed by atoms with E-state index < -0.39 is 5.97 Å². The van der Waals surface area contributed by atoms with E-state index in [1.807, 2.05) is 13.0 Å². The summed E-state index contributed by atoms with van der Waals surface area (Å²) >= 11 is 0. The Morgan fingerprint density at radius 1 is 1.19 bits per heavy atom. The molecule has 0 saturated heterocycles. The van der Waals surface area contributed by atoms with Gasteiger partial charge >= 0.3 is 5.97 Å². The van der Waals surface area contributed by atoms with E-state index in [2.05, 4.69) is 6.58 Å². The van der Waals surface area contributed by atoms with Crippen LogP contribution in [-0.2, 0) is 22.6 Å². The van der Waals surface area contributed by atoms with Crippen LogP contribution in [0, 0.1) is 5.82 Å². The minimum Gasteiger partial charge on any atom is -0.491 e. The minimum atomic E-state index is -0.513. The molecule has 0 bridgehead atoms. The second-order valence-corrected chi connectivity index (χ2v) is 6.31. The third-order valence-electron chi connectivity index (χ3n) is 4.01. The molecule has 0 fully saturated rings. The summed E-state index contributed by atoms with van der Waals surface area (Å²) < 4.78 is 25.4. The number of aryl methyl sites for hydroxylation is 1. The first-order valence-corrected chi connectivity index (χ1v) is 8.94. The van der Waals surface area contributed by atoms with Gasteiger partial charge < -0.3 is 14.6 Å². The molecule has 2 aromatic carbocycles. The summed E-state index contributed by atoms with van der Waals surface area (Å²) in [6, 6.07) is 10.3. The van der Waals surface area contributed by atoms with Crippen molar-refractivity contribution in [3.8, 4) is 16.9 Å². The maximum Gasteiger partial charge on any atom is 0.333 e. The van der Waals surface area contributed by atoms with Gasteiger partial charge in [0.1, 0.15) is 24.8 Å². The lowest BCUT2D eigenvalue weighted by molar-refractivity contribution is -0.140. The summed E-state index contributed by atoms with van der Waals surface area (Å²) in [7, 11) is 0. The first-order valence-electron chi connectivity index (χ1n) is 8.94. The molecule has 4 nitrogen and oxygen atoms in total. The zero-order chi connectivity index (χ0) is 19.8. The van der Waals surface area contributed by atoms with Gasteiger partial charge in [-0.2, -0.15) is 0 Å². The highest BCUT2D eigenvalue weighted by atomic mass is 19.1. The molecule has 0 heterocycles. The van der Waals surface area contributed by atoms with Crippen molar-refractivity contribution in [3.05, 3.63) is 65.5 Å². The highest BCUT2D eigenvalue weighted by Crippen LogP contribution is 2.31. The van der Waals surface area contributed by atoms with Crippen molar-refractivity contribution in [2.45, 2.75) is 33.3 Å². The Hall–Kier alpha value is -2.66. The average molecular weight is 372 g/mol. The molecule has 144 valence electrons. The van der Waals surface area contributed by atoms with Crippen LogP contribution in [0.1, 0.15) is 31.4 Å². The van der Waals surface area contributed by atoms with Crippen molar-refractivity contribution in [3.63, 3.8) is 0 Å². The fourth-order valence-corrected chi connectivity index (χ4v) is 2.69. The molecular weight excluding hydrogens is 347 g/mol. The maximum atomic E-state index is 14.7. The number of hydrogen-bond acceptors (Lipinski definition) is 4. The lowest BCUT2D eigenvalue weighted by atomic mass is 9.97. The van der Waals surface area contributed by atoms with Crippen LogP contribution in [0.15, 0.2) is 48.6 Å². The van der Waals surface area contributed by atoms with Gasteiger partial charge in [-0.25, -0.2) is 9.18 Å². The van der Waals surface area contributed by atoms with Gasteiger partial charge in [0.15, 0.2) is 0 Å². The number of carbonyl (C=O) groups excluding carboxylic acids is 1. The summed E-state index contributed by atoms with van der Waals surface area (Å²) in [4.78, 5) is 11.7. The van der Waals surface area contributed by atoms with E-state index >= 15 is 0 Å². The molecule has 0 unspecified atom stereocenters. The molecule has 27 heavy (non-hydrogen) atoms. The zero-order valence-electron chi connectivity index (χ0n) is 15.8. The largest absolute Gasteiger partial charge is 0.491 e. The third kappa shape index (κ3) is 5.66. The summed E-state index contributed by atoms with van der Waals surface area (Å²) in [5, 5.41) is 8.92. The van der Waals surface area contributed by atoms with Gasteiger partial charge in [0.05, 0.1) is 6.61 Å². The van der Waals surface area contributed by atoms with Crippen molar-refractivity contribution < 1.29 is 23.8 Å². The molecule has 0 atom stereocenters. The lowest BCUT2D eigenvalue weighted by Gasteiger charge is -2.14. The molecule has 0 aromatic heterocycles. The van der Waals surface area contributed by atoms with Crippen molar-refractivity contribution in [2.24, 2.45) is 0 Å². The number of halogens is 1. The highest BCUT2D eigenvalue weighted by molar-refractivity contribution is 5.87. The number of carbonyl (C=O) groups is 1. The monoisotopic (exact) mass is 372 g/mol. The smallest absolute Gasteiger partial charge is 0.333 e. The van der Waals surface area contributed by atoms with E-state index in [4.69, 9.17) is 14.6 Å². The number of aliphatic hydroxyl groups excluding tert-OH is 1. The fourth-order valence-electron chi connectivity index (χ4n) is 2.69. The number of aliphatic hydroxyl groups is 1. The standard InChI is InChI=1S/C22H25FO4/c1-4-5-16-6-8-20(21(23)12-16)19-9-7-18(26-11-10-24)13-17(19)14-27-22(25)15(2)3/h6-9,12-13,24H,2,4-5,10-11,14H2,1,3H3. The van der Waals surface area contributed by atoms with Gasteiger partial charge in [0, 0.05) is 16.7 Å². The van der Waals surface area contributed by atoms with Crippen LogP contribution in [0.25, 0.3) is 11.1 Å². The SMILES string of the molecule is C=C(C)C(=O)OCc1cc(OCCO)ccc1-c1ccc(CCC)cc1F. The average Bonchev–Trinajstić information content (AvgIpc) is 2.65. The predicted octanol–water partition coefficient (Wildman–Crippen LogP) is 4.44. The molecule has 0 saturated carbocycles. The van der Waals surface area contributed by atoms with E-state index in [-0.39, 0.29) is 25.6 Å². The van der Waals surface area contributed by atoms with Crippen LogP contribution in [0.3, 0.4) is 0 Å². The van der Waals surface area contributed by atoms with Crippen LogP contribution in [0.2, 0.25) is 0 Å². The molecule has 2 rings (SSSR count). The molecule has 0 spiro atoms. The van der Waals surface area contributed by atoms with E-state index in [1.54, 1.807) is 37.3 Å². The van der Waals surface area contributed by atoms with Gasteiger partial charge in [-0.05, 0) is 42.7 Å². The number of rotatable bonds is 9. The summed E-state index contributed by atoms with van der Waals surface area (Å²) in [5.74, 6) is -0.323. The van der Waals surface area contributed by atoms with E-state index in [9.17, 15) is 9.18 Å². The number of benzene rings is 2. The molecular formula is C22H25FO4. The Labute approximate surface area is 159 Å². The lowest BCUT2D eigenvalue weighted by Crippen LogP contribution is -2.07. The molecule has 5 heteroatoms. The Kier molecular flexibility index (Phi) is 7.55. The van der Waals surface area contributed by atoms with Gasteiger partial charge in [-0.3, -0.25) is 0 Å². The van der Waals surface area contributed by atoms with E-state index in [0.29, 0.717) is 28.0 Å². The van der Waals surface area contributed by atoms with Gasteiger partial charge in [-0.15, -0.1) is 0 Å². The fraction of sp³-hybridized carbons (Fsp3) is 0.318. The highest BCUT2D eigenvalue weighted by Gasteiger charge is 2.14. The Morgan fingerprint density at radius 3 is 2.56 bits per heavy atom. The summed E-state index contributed by atoms with van der Waals surface area (Å²) in [5.41, 5.74) is 2.91. The third-order valence-corrected chi connectivity index (χ3v) is 4.01. The zero-order valence-corrected chi connectivity index (χ0v) is 15.8. The first kappa shape index (κ1) is 20.6. The van der Waals surface area contributed by atoms with Crippen LogP contribution in [0.4, 0.5) is 4.39 Å². The Bertz CT molecular complexity index is 814. The Balaban J connectivity index is 2.38. The summed E-state index contributed by atoms with van der Waals surface area (Å²) in [6.07, 6.45) is 1.76. The molecule has 0 aliphatic carbocycles. The topological polar surface area (TPSA) is 55.8 Å². The van der Waals surface area contributed by atoms with E-state index in [0.717, 1.165) is 18.4 Å². The summed E-state index contributed by atoms with van der Waals surface area (Å²) in [6.45, 7) is 7.17. The number of esters is 1. The van der Waals surface area contributed by atoms with Crippen LogP contribution in [0.5, 0.6) is 5.75 Å². The predicted molar refractivity (Wildman–Crippen MR) is 103 cm³/mol. The first-order chi connectivity index (χ1) is 13.0. The molecule has 0 amide bonds. The molecule has 2 aromatic rings. The quantitative estimate of drug-likeness (QED) is 0.522. The molecule has 0 aliphatic heterocycles. The second kappa shape index (κ2) is 9.88. The van der Waals surface area contributed by atoms with Crippen LogP contribution < -0.4 is 4.74 Å². The minimum absolute atomic E-state index is 0.0342. The van der Waals surface area contributed by atoms with Crippen molar-refractivity contribution in [1.29, 1.82) is 0 Å². The van der Waals surface area contributed by atoms with Gasteiger partial charge in [0.2, 0.25) is 0 Å². The van der Waals surface area contributed by atoms with Gasteiger partial charge in [0.25, 0.3) is 0 Å². The van der Waals surface area contributed by atoms with Crippen molar-refractivity contribution >= 4 is 5.97 Å². The molecule has 1 N–H and O–H groups in total. The number of ether oxygens (including phenoxy) is 2. The van der Waals surface area contributed by atoms with Crippen molar-refractivity contribution in [1.82, 2.24) is 0 Å². The normalized spacial score (nSPS) is 10.5. The van der Waals surface area contributed by atoms with Crippen LogP contribution >= 0.6 is 0 Å².